The van der Waals surface area contributed by atoms with Crippen LogP contribution in [0, 0.1) is 0 Å². The summed E-state index contributed by atoms with van der Waals surface area (Å²) in [6.45, 7) is 6.47. The van der Waals surface area contributed by atoms with E-state index in [1.54, 1.807) is 12.4 Å². The molecule has 0 aromatic carbocycles. The molecule has 0 aliphatic carbocycles. The van der Waals surface area contributed by atoms with E-state index in [9.17, 15) is 0 Å². The van der Waals surface area contributed by atoms with Crippen LogP contribution in [0.25, 0.3) is 5.52 Å². The molecule has 0 saturated carbocycles. The Bertz CT molecular complexity index is 423. The molecule has 0 spiro atoms. The molecular formula is C10H13N3. The first-order chi connectivity index (χ1) is 6.09. The topological polar surface area (TPSA) is 30.2 Å². The number of fused-ring (bicyclic) bond motifs is 1. The Morgan fingerprint density at radius 3 is 2.69 bits per heavy atom. The number of hydrogen-bond acceptors (Lipinski definition) is 2. The highest BCUT2D eigenvalue weighted by Gasteiger charge is 2.18. The fraction of sp³-hybridized carbons (Fsp3) is 0.400. The maximum absolute atomic E-state index is 4.39. The summed E-state index contributed by atoms with van der Waals surface area (Å²) in [5, 5.41) is 4.17. The third-order valence-corrected chi connectivity index (χ3v) is 2.03. The van der Waals surface area contributed by atoms with Crippen molar-refractivity contribution in [2.75, 3.05) is 0 Å². The molecule has 2 aromatic rings. The summed E-state index contributed by atoms with van der Waals surface area (Å²) >= 11 is 0. The molecule has 0 atom stereocenters. The Hall–Kier alpha value is -1.38. The zero-order chi connectivity index (χ0) is 9.47. The Labute approximate surface area is 77.4 Å². The minimum Gasteiger partial charge on any atom is -0.257 e. The molecule has 0 bridgehead atoms. The molecule has 0 radical (unpaired) electrons. The molecule has 0 aliphatic rings. The molecule has 0 saturated heterocycles. The van der Waals surface area contributed by atoms with Gasteiger partial charge in [0, 0.05) is 17.8 Å². The van der Waals surface area contributed by atoms with Crippen LogP contribution in [0.4, 0.5) is 0 Å². The molecule has 0 fully saturated rings. The van der Waals surface area contributed by atoms with E-state index in [-0.39, 0.29) is 5.41 Å². The summed E-state index contributed by atoms with van der Waals surface area (Å²) in [6, 6.07) is 1.99. The quantitative estimate of drug-likeness (QED) is 0.613. The molecule has 0 unspecified atom stereocenters. The summed E-state index contributed by atoms with van der Waals surface area (Å²) in [6.07, 6.45) is 5.46. The van der Waals surface area contributed by atoms with Crippen molar-refractivity contribution in [1.82, 2.24) is 14.6 Å². The van der Waals surface area contributed by atoms with Gasteiger partial charge in [-0.15, -0.1) is 0 Å². The number of nitrogens with zero attached hydrogens (tertiary/aromatic N) is 3. The standard InChI is InChI=1S/C10H13N3/c1-10(2,3)9-8-4-5-12-13(8)7-6-11-9/h4-7H,1-3H3. The molecule has 3 nitrogen and oxygen atoms in total. The normalized spacial score (nSPS) is 12.2. The molecule has 2 aromatic heterocycles. The van der Waals surface area contributed by atoms with Gasteiger partial charge in [-0.05, 0) is 6.07 Å². The van der Waals surface area contributed by atoms with Gasteiger partial charge in [0.1, 0.15) is 0 Å². The molecule has 68 valence electrons. The summed E-state index contributed by atoms with van der Waals surface area (Å²) in [5.41, 5.74) is 2.25. The van der Waals surface area contributed by atoms with Gasteiger partial charge in [0.05, 0.1) is 17.4 Å². The van der Waals surface area contributed by atoms with Crippen molar-refractivity contribution in [3.63, 3.8) is 0 Å². The molecule has 3 heteroatoms. The van der Waals surface area contributed by atoms with Crippen LogP contribution in [0.5, 0.6) is 0 Å². The number of rotatable bonds is 0. The zero-order valence-corrected chi connectivity index (χ0v) is 8.15. The van der Waals surface area contributed by atoms with Gasteiger partial charge >= 0.3 is 0 Å². The fourth-order valence-corrected chi connectivity index (χ4v) is 1.44. The summed E-state index contributed by atoms with van der Waals surface area (Å²) in [5.74, 6) is 0. The molecule has 2 heterocycles. The van der Waals surface area contributed by atoms with E-state index in [0.29, 0.717) is 0 Å². The van der Waals surface area contributed by atoms with E-state index in [1.165, 1.54) is 0 Å². The number of aromatic nitrogens is 3. The largest absolute Gasteiger partial charge is 0.257 e. The van der Waals surface area contributed by atoms with E-state index in [1.807, 2.05) is 16.8 Å². The lowest BCUT2D eigenvalue weighted by Crippen LogP contribution is -2.14. The fourth-order valence-electron chi connectivity index (χ4n) is 1.44. The zero-order valence-electron chi connectivity index (χ0n) is 8.15. The first-order valence-electron chi connectivity index (χ1n) is 4.38. The van der Waals surface area contributed by atoms with Crippen LogP contribution >= 0.6 is 0 Å². The predicted octanol–water partition coefficient (Wildman–Crippen LogP) is 2.03. The monoisotopic (exact) mass is 175 g/mol. The Morgan fingerprint density at radius 1 is 1.23 bits per heavy atom. The summed E-state index contributed by atoms with van der Waals surface area (Å²) in [7, 11) is 0. The van der Waals surface area contributed by atoms with Gasteiger partial charge < -0.3 is 0 Å². The summed E-state index contributed by atoms with van der Waals surface area (Å²) < 4.78 is 1.85. The molecular weight excluding hydrogens is 162 g/mol. The van der Waals surface area contributed by atoms with Gasteiger partial charge in [0.25, 0.3) is 0 Å². The van der Waals surface area contributed by atoms with Crippen molar-refractivity contribution in [3.8, 4) is 0 Å². The van der Waals surface area contributed by atoms with E-state index < -0.39 is 0 Å². The van der Waals surface area contributed by atoms with Crippen molar-refractivity contribution in [2.24, 2.45) is 0 Å². The average Bonchev–Trinajstić information content (AvgIpc) is 2.48. The molecule has 0 aliphatic heterocycles. The van der Waals surface area contributed by atoms with Crippen LogP contribution in [0.1, 0.15) is 26.5 Å². The third kappa shape index (κ3) is 1.30. The molecule has 0 amide bonds. The maximum Gasteiger partial charge on any atom is 0.0882 e. The van der Waals surface area contributed by atoms with E-state index in [2.05, 4.69) is 30.9 Å². The number of hydrogen-bond donors (Lipinski definition) is 0. The Balaban J connectivity index is 2.75. The van der Waals surface area contributed by atoms with E-state index in [0.717, 1.165) is 11.2 Å². The lowest BCUT2D eigenvalue weighted by atomic mass is 9.91. The SMILES string of the molecule is CC(C)(C)c1nccn2nccc12. The highest BCUT2D eigenvalue weighted by molar-refractivity contribution is 5.52. The van der Waals surface area contributed by atoms with Crippen LogP contribution in [0.2, 0.25) is 0 Å². The second-order valence-corrected chi connectivity index (χ2v) is 4.19. The predicted molar refractivity (Wildman–Crippen MR) is 51.7 cm³/mol. The Morgan fingerprint density at radius 2 is 2.00 bits per heavy atom. The second kappa shape index (κ2) is 2.55. The highest BCUT2D eigenvalue weighted by Crippen LogP contribution is 2.23. The van der Waals surface area contributed by atoms with Crippen LogP contribution in [0.15, 0.2) is 24.7 Å². The van der Waals surface area contributed by atoms with Crippen molar-refractivity contribution < 1.29 is 0 Å². The second-order valence-electron chi connectivity index (χ2n) is 4.19. The molecule has 13 heavy (non-hydrogen) atoms. The lowest BCUT2D eigenvalue weighted by Gasteiger charge is -2.18. The summed E-state index contributed by atoms with van der Waals surface area (Å²) in [4.78, 5) is 4.39. The van der Waals surface area contributed by atoms with E-state index in [4.69, 9.17) is 0 Å². The van der Waals surface area contributed by atoms with Crippen molar-refractivity contribution >= 4 is 5.52 Å². The van der Waals surface area contributed by atoms with Crippen molar-refractivity contribution in [1.29, 1.82) is 0 Å². The van der Waals surface area contributed by atoms with Gasteiger partial charge in [-0.2, -0.15) is 5.10 Å². The van der Waals surface area contributed by atoms with Crippen molar-refractivity contribution in [2.45, 2.75) is 26.2 Å². The van der Waals surface area contributed by atoms with Crippen LogP contribution < -0.4 is 0 Å². The highest BCUT2D eigenvalue weighted by atomic mass is 15.2. The maximum atomic E-state index is 4.39. The first kappa shape index (κ1) is 8.23. The first-order valence-corrected chi connectivity index (χ1v) is 4.38. The smallest absolute Gasteiger partial charge is 0.0882 e. The van der Waals surface area contributed by atoms with Crippen molar-refractivity contribution in [3.05, 3.63) is 30.4 Å². The van der Waals surface area contributed by atoms with Gasteiger partial charge in [-0.3, -0.25) is 4.98 Å². The van der Waals surface area contributed by atoms with Gasteiger partial charge in [-0.1, -0.05) is 20.8 Å². The molecule has 0 N–H and O–H groups in total. The molecule has 2 rings (SSSR count). The average molecular weight is 175 g/mol. The minimum atomic E-state index is 0.0720. The third-order valence-electron chi connectivity index (χ3n) is 2.03. The van der Waals surface area contributed by atoms with Crippen LogP contribution in [-0.2, 0) is 5.41 Å². The Kier molecular flexibility index (Phi) is 1.62. The minimum absolute atomic E-state index is 0.0720. The van der Waals surface area contributed by atoms with E-state index >= 15 is 0 Å². The van der Waals surface area contributed by atoms with Crippen LogP contribution in [0.3, 0.4) is 0 Å². The van der Waals surface area contributed by atoms with Gasteiger partial charge in [0.15, 0.2) is 0 Å². The van der Waals surface area contributed by atoms with Gasteiger partial charge in [0.2, 0.25) is 0 Å². The lowest BCUT2D eigenvalue weighted by molar-refractivity contribution is 0.570. The van der Waals surface area contributed by atoms with Crippen LogP contribution in [-0.4, -0.2) is 14.6 Å². The van der Waals surface area contributed by atoms with Gasteiger partial charge in [-0.25, -0.2) is 4.52 Å².